The molecule has 0 aliphatic carbocycles. The van der Waals surface area contributed by atoms with Crippen molar-refractivity contribution < 1.29 is 15.0 Å². The molecule has 0 aliphatic rings. The van der Waals surface area contributed by atoms with Gasteiger partial charge in [0, 0.05) is 6.20 Å². The molecular weight excluding hydrogens is 224 g/mol. The molecule has 0 amide bonds. The number of nitrogens with zero attached hydrogens (tertiary/aromatic N) is 4. The highest BCUT2D eigenvalue weighted by atomic mass is 16.4. The van der Waals surface area contributed by atoms with E-state index in [2.05, 4.69) is 15.3 Å². The summed E-state index contributed by atoms with van der Waals surface area (Å²) in [6, 6.07) is 5.13. The molecule has 0 bridgehead atoms. The first kappa shape index (κ1) is 11.2. The Balaban J connectivity index is 2.17. The van der Waals surface area contributed by atoms with Crippen LogP contribution in [0.15, 0.2) is 30.6 Å². The Bertz CT molecular complexity index is 511. The third-order valence-electron chi connectivity index (χ3n) is 2.10. The van der Waals surface area contributed by atoms with E-state index < -0.39 is 12.1 Å². The van der Waals surface area contributed by atoms with Crippen molar-refractivity contribution in [3.63, 3.8) is 0 Å². The summed E-state index contributed by atoms with van der Waals surface area (Å²) < 4.78 is 1.14. The van der Waals surface area contributed by atoms with Crippen LogP contribution in [0.4, 0.5) is 0 Å². The van der Waals surface area contributed by atoms with Crippen LogP contribution in [0.2, 0.25) is 0 Å². The van der Waals surface area contributed by atoms with Crippen LogP contribution in [-0.4, -0.2) is 36.2 Å². The summed E-state index contributed by atoms with van der Waals surface area (Å²) >= 11 is 0. The van der Waals surface area contributed by atoms with Crippen LogP contribution in [0.3, 0.4) is 0 Å². The summed E-state index contributed by atoms with van der Waals surface area (Å²) in [5, 5.41) is 25.8. The lowest BCUT2D eigenvalue weighted by Crippen LogP contribution is -2.09. The number of aromatic nitrogens is 4. The molecule has 1 atom stereocenters. The topological polar surface area (TPSA) is 101 Å². The number of aliphatic carboxylic acids is 1. The van der Waals surface area contributed by atoms with E-state index >= 15 is 0 Å². The molecule has 2 aromatic heterocycles. The summed E-state index contributed by atoms with van der Waals surface area (Å²) in [5.74, 6) is -1.02. The molecule has 2 heterocycles. The SMILES string of the molecule is O=C(O)Cn1cc(C(O)c2ccccn2)nn1. The molecule has 0 spiro atoms. The number of pyridine rings is 1. The lowest BCUT2D eigenvalue weighted by molar-refractivity contribution is -0.137. The molecule has 0 saturated carbocycles. The van der Waals surface area contributed by atoms with E-state index in [-0.39, 0.29) is 12.2 Å². The molecule has 7 heteroatoms. The maximum Gasteiger partial charge on any atom is 0.325 e. The predicted octanol–water partition coefficient (Wildman–Crippen LogP) is -0.161. The van der Waals surface area contributed by atoms with Crippen LogP contribution < -0.4 is 0 Å². The molecule has 88 valence electrons. The molecule has 1 unspecified atom stereocenters. The van der Waals surface area contributed by atoms with Gasteiger partial charge < -0.3 is 10.2 Å². The molecule has 0 radical (unpaired) electrons. The average Bonchev–Trinajstić information content (AvgIpc) is 2.77. The molecular formula is C10H10N4O3. The van der Waals surface area contributed by atoms with E-state index in [0.29, 0.717) is 5.69 Å². The molecule has 2 N–H and O–H groups in total. The van der Waals surface area contributed by atoms with Gasteiger partial charge in [-0.1, -0.05) is 11.3 Å². The van der Waals surface area contributed by atoms with E-state index in [1.807, 2.05) is 0 Å². The quantitative estimate of drug-likeness (QED) is 0.762. The number of carbonyl (C=O) groups is 1. The highest BCUT2D eigenvalue weighted by Crippen LogP contribution is 2.16. The van der Waals surface area contributed by atoms with Crippen molar-refractivity contribution in [2.45, 2.75) is 12.6 Å². The fraction of sp³-hybridized carbons (Fsp3) is 0.200. The van der Waals surface area contributed by atoms with Crippen LogP contribution in [0, 0.1) is 0 Å². The van der Waals surface area contributed by atoms with E-state index in [1.54, 1.807) is 24.4 Å². The second kappa shape index (κ2) is 4.71. The normalized spacial score (nSPS) is 12.3. The first-order valence-electron chi connectivity index (χ1n) is 4.87. The summed E-state index contributed by atoms with van der Waals surface area (Å²) in [4.78, 5) is 14.4. The van der Waals surface area contributed by atoms with Gasteiger partial charge in [0.05, 0.1) is 11.9 Å². The molecule has 0 fully saturated rings. The first-order chi connectivity index (χ1) is 8.16. The number of rotatable bonds is 4. The number of hydrogen-bond acceptors (Lipinski definition) is 5. The van der Waals surface area contributed by atoms with E-state index in [9.17, 15) is 9.90 Å². The van der Waals surface area contributed by atoms with Crippen molar-refractivity contribution in [2.75, 3.05) is 0 Å². The van der Waals surface area contributed by atoms with Gasteiger partial charge in [0.1, 0.15) is 18.3 Å². The Morgan fingerprint density at radius 2 is 2.24 bits per heavy atom. The monoisotopic (exact) mass is 234 g/mol. The molecule has 2 aromatic rings. The van der Waals surface area contributed by atoms with E-state index in [0.717, 1.165) is 4.68 Å². The molecule has 17 heavy (non-hydrogen) atoms. The number of aliphatic hydroxyl groups excluding tert-OH is 1. The lowest BCUT2D eigenvalue weighted by atomic mass is 10.2. The van der Waals surface area contributed by atoms with Gasteiger partial charge in [-0.05, 0) is 12.1 Å². The molecule has 2 rings (SSSR count). The van der Waals surface area contributed by atoms with Crippen molar-refractivity contribution >= 4 is 5.97 Å². The van der Waals surface area contributed by atoms with Gasteiger partial charge in [-0.15, -0.1) is 5.10 Å². The Morgan fingerprint density at radius 1 is 1.41 bits per heavy atom. The van der Waals surface area contributed by atoms with Crippen molar-refractivity contribution in [3.8, 4) is 0 Å². The minimum Gasteiger partial charge on any atom is -0.480 e. The van der Waals surface area contributed by atoms with Gasteiger partial charge >= 0.3 is 5.97 Å². The maximum atomic E-state index is 10.5. The zero-order valence-corrected chi connectivity index (χ0v) is 8.76. The number of hydrogen-bond donors (Lipinski definition) is 2. The molecule has 7 nitrogen and oxygen atoms in total. The van der Waals surface area contributed by atoms with Crippen LogP contribution in [-0.2, 0) is 11.3 Å². The highest BCUT2D eigenvalue weighted by Gasteiger charge is 2.15. The second-order valence-corrected chi connectivity index (χ2v) is 3.39. The van der Waals surface area contributed by atoms with Crippen molar-refractivity contribution in [2.24, 2.45) is 0 Å². The molecule has 0 saturated heterocycles. The Morgan fingerprint density at radius 3 is 2.88 bits per heavy atom. The van der Waals surface area contributed by atoms with Crippen LogP contribution in [0.5, 0.6) is 0 Å². The standard InChI is InChI=1S/C10H10N4O3/c15-9(16)6-14-5-8(12-13-14)10(17)7-3-1-2-4-11-7/h1-5,10,17H,6H2,(H,15,16). The number of carboxylic acids is 1. The zero-order valence-electron chi connectivity index (χ0n) is 8.76. The number of aliphatic hydroxyl groups is 1. The summed E-state index contributed by atoms with van der Waals surface area (Å²) in [7, 11) is 0. The third kappa shape index (κ3) is 2.64. The van der Waals surface area contributed by atoms with Crippen molar-refractivity contribution in [1.82, 2.24) is 20.0 Å². The highest BCUT2D eigenvalue weighted by molar-refractivity contribution is 5.66. The minimum absolute atomic E-state index is 0.268. The smallest absolute Gasteiger partial charge is 0.325 e. The van der Waals surface area contributed by atoms with Crippen LogP contribution in [0.25, 0.3) is 0 Å². The Hall–Kier alpha value is -2.28. The predicted molar refractivity (Wildman–Crippen MR) is 56.0 cm³/mol. The summed E-state index contributed by atoms with van der Waals surface area (Å²) in [5.41, 5.74) is 0.708. The Labute approximate surface area is 96.3 Å². The first-order valence-corrected chi connectivity index (χ1v) is 4.87. The molecule has 0 aliphatic heterocycles. The fourth-order valence-electron chi connectivity index (χ4n) is 1.34. The van der Waals surface area contributed by atoms with Crippen LogP contribution in [0.1, 0.15) is 17.5 Å². The van der Waals surface area contributed by atoms with Gasteiger partial charge in [0.2, 0.25) is 0 Å². The van der Waals surface area contributed by atoms with Gasteiger partial charge in [0.25, 0.3) is 0 Å². The number of carboxylic acid groups (broad SMARTS) is 1. The average molecular weight is 234 g/mol. The lowest BCUT2D eigenvalue weighted by Gasteiger charge is -2.04. The minimum atomic E-state index is -1.02. The summed E-state index contributed by atoms with van der Waals surface area (Å²) in [6.07, 6.45) is 1.94. The van der Waals surface area contributed by atoms with E-state index in [1.165, 1.54) is 6.20 Å². The largest absolute Gasteiger partial charge is 0.480 e. The van der Waals surface area contributed by atoms with E-state index in [4.69, 9.17) is 5.11 Å². The zero-order chi connectivity index (χ0) is 12.3. The van der Waals surface area contributed by atoms with Gasteiger partial charge in [0.15, 0.2) is 0 Å². The second-order valence-electron chi connectivity index (χ2n) is 3.39. The van der Waals surface area contributed by atoms with Gasteiger partial charge in [-0.3, -0.25) is 9.78 Å². The van der Waals surface area contributed by atoms with Gasteiger partial charge in [-0.2, -0.15) is 0 Å². The van der Waals surface area contributed by atoms with Crippen LogP contribution >= 0.6 is 0 Å². The molecule has 0 aromatic carbocycles. The maximum absolute atomic E-state index is 10.5. The third-order valence-corrected chi connectivity index (χ3v) is 2.10. The van der Waals surface area contributed by atoms with Crippen molar-refractivity contribution in [1.29, 1.82) is 0 Å². The van der Waals surface area contributed by atoms with Gasteiger partial charge in [-0.25, -0.2) is 4.68 Å². The summed E-state index contributed by atoms with van der Waals surface area (Å²) in [6.45, 7) is -0.290. The fourth-order valence-corrected chi connectivity index (χ4v) is 1.34. The Kier molecular flexibility index (Phi) is 3.10. The van der Waals surface area contributed by atoms with Crippen molar-refractivity contribution in [3.05, 3.63) is 42.0 Å².